The van der Waals surface area contributed by atoms with Crippen molar-refractivity contribution >= 4 is 35.6 Å². The first-order valence-corrected chi connectivity index (χ1v) is 7.39. The van der Waals surface area contributed by atoms with Crippen molar-refractivity contribution in [2.45, 2.75) is 18.7 Å². The van der Waals surface area contributed by atoms with E-state index in [1.165, 1.54) is 0 Å². The predicted octanol–water partition coefficient (Wildman–Crippen LogP) is 1.41. The molecule has 1 saturated heterocycles. The first-order chi connectivity index (χ1) is 11.3. The van der Waals surface area contributed by atoms with Gasteiger partial charge in [0.25, 0.3) is 0 Å². The molecular weight excluding hydrogens is 423 g/mol. The molecule has 1 aliphatic heterocycles. The summed E-state index contributed by atoms with van der Waals surface area (Å²) in [5.41, 5.74) is 7.50. The van der Waals surface area contributed by atoms with Gasteiger partial charge in [-0.2, -0.15) is 0 Å². The summed E-state index contributed by atoms with van der Waals surface area (Å²) in [5.74, 6) is 0.338. The number of nitrogens with zero attached hydrogens (tertiary/aromatic N) is 4. The van der Waals surface area contributed by atoms with E-state index in [1.807, 2.05) is 36.5 Å². The zero-order chi connectivity index (χ0) is 16.1. The molecule has 1 aromatic heterocycles. The molecule has 2 atom stereocenters. The number of methoxy groups -OCH3 is 1. The lowest BCUT2D eigenvalue weighted by Gasteiger charge is -2.15. The lowest BCUT2D eigenvalue weighted by molar-refractivity contribution is 0.0661. The Bertz CT molecular complexity index is 663. The molecule has 1 aliphatic rings. The van der Waals surface area contributed by atoms with Crippen LogP contribution >= 0.6 is 24.0 Å². The molecule has 3 rings (SSSR count). The Hall–Kier alpha value is -1.72. The molecule has 24 heavy (non-hydrogen) atoms. The van der Waals surface area contributed by atoms with Gasteiger partial charge in [-0.1, -0.05) is 23.4 Å². The van der Waals surface area contributed by atoms with E-state index in [2.05, 4.69) is 20.6 Å². The zero-order valence-electron chi connectivity index (χ0n) is 13.3. The Morgan fingerprint density at radius 1 is 1.42 bits per heavy atom. The van der Waals surface area contributed by atoms with Crippen molar-refractivity contribution in [3.8, 4) is 0 Å². The Morgan fingerprint density at radius 2 is 2.21 bits per heavy atom. The molecule has 1 fully saturated rings. The van der Waals surface area contributed by atoms with Crippen LogP contribution in [-0.4, -0.2) is 47.4 Å². The molecule has 0 saturated carbocycles. The summed E-state index contributed by atoms with van der Waals surface area (Å²) in [6, 6.07) is 9.68. The van der Waals surface area contributed by atoms with E-state index in [1.54, 1.807) is 11.8 Å². The van der Waals surface area contributed by atoms with Gasteiger partial charge in [-0.25, -0.2) is 9.67 Å². The molecule has 0 bridgehead atoms. The second-order valence-electron chi connectivity index (χ2n) is 5.26. The van der Waals surface area contributed by atoms with E-state index in [-0.39, 0.29) is 36.1 Å². The highest BCUT2D eigenvalue weighted by molar-refractivity contribution is 14.0. The van der Waals surface area contributed by atoms with Crippen LogP contribution in [0.25, 0.3) is 0 Å². The largest absolute Gasteiger partial charge is 0.377 e. The number of ether oxygens (including phenoxy) is 2. The first kappa shape index (κ1) is 18.6. The minimum Gasteiger partial charge on any atom is -0.377 e. The topological polar surface area (TPSA) is 99.6 Å². The summed E-state index contributed by atoms with van der Waals surface area (Å²) >= 11 is 0. The molecule has 0 radical (unpaired) electrons. The molecule has 1 aromatic carbocycles. The molecule has 2 heterocycles. The van der Waals surface area contributed by atoms with Gasteiger partial charge < -0.3 is 20.5 Å². The van der Waals surface area contributed by atoms with Crippen molar-refractivity contribution in [3.05, 3.63) is 42.2 Å². The smallest absolute Gasteiger partial charge is 0.193 e. The maximum absolute atomic E-state index is 5.87. The van der Waals surface area contributed by atoms with Gasteiger partial charge in [0.1, 0.15) is 17.8 Å². The van der Waals surface area contributed by atoms with Crippen LogP contribution in [0.5, 0.6) is 0 Å². The van der Waals surface area contributed by atoms with Gasteiger partial charge in [0.05, 0.1) is 26.0 Å². The van der Waals surface area contributed by atoms with Gasteiger partial charge in [-0.05, 0) is 12.1 Å². The molecule has 0 unspecified atom stereocenters. The molecule has 0 amide bonds. The van der Waals surface area contributed by atoms with Crippen LogP contribution in [0, 0.1) is 0 Å². The minimum absolute atomic E-state index is 0. The van der Waals surface area contributed by atoms with Crippen LogP contribution in [0.15, 0.2) is 41.5 Å². The summed E-state index contributed by atoms with van der Waals surface area (Å²) in [6.07, 6.45) is 1.85. The summed E-state index contributed by atoms with van der Waals surface area (Å²) in [4.78, 5) is 4.27. The third-order valence-electron chi connectivity index (χ3n) is 3.66. The van der Waals surface area contributed by atoms with Crippen LogP contribution in [0.2, 0.25) is 0 Å². The second kappa shape index (κ2) is 8.94. The predicted molar refractivity (Wildman–Crippen MR) is 101 cm³/mol. The number of hydrogen-bond donors (Lipinski definition) is 2. The van der Waals surface area contributed by atoms with E-state index in [0.717, 1.165) is 11.4 Å². The van der Waals surface area contributed by atoms with Gasteiger partial charge in [0.2, 0.25) is 0 Å². The Labute approximate surface area is 157 Å². The third-order valence-corrected chi connectivity index (χ3v) is 3.66. The van der Waals surface area contributed by atoms with Crippen LogP contribution in [-0.2, 0) is 16.0 Å². The summed E-state index contributed by atoms with van der Waals surface area (Å²) < 4.78 is 12.6. The highest BCUT2D eigenvalue weighted by Gasteiger charge is 2.30. The minimum atomic E-state index is -0.00197. The number of rotatable bonds is 5. The van der Waals surface area contributed by atoms with Gasteiger partial charge in [0.15, 0.2) is 5.96 Å². The monoisotopic (exact) mass is 444 g/mol. The summed E-state index contributed by atoms with van der Waals surface area (Å²) in [7, 11) is 1.67. The summed E-state index contributed by atoms with van der Waals surface area (Å²) in [6.45, 7) is 1.50. The highest BCUT2D eigenvalue weighted by atomic mass is 127. The number of para-hydroxylation sites is 1. The van der Waals surface area contributed by atoms with Crippen molar-refractivity contribution in [2.75, 3.05) is 25.6 Å². The first-order valence-electron chi connectivity index (χ1n) is 7.39. The fourth-order valence-corrected chi connectivity index (χ4v) is 2.42. The molecule has 0 aliphatic carbocycles. The van der Waals surface area contributed by atoms with E-state index in [4.69, 9.17) is 15.2 Å². The molecule has 9 heteroatoms. The maximum Gasteiger partial charge on any atom is 0.193 e. The van der Waals surface area contributed by atoms with Crippen molar-refractivity contribution in [1.29, 1.82) is 0 Å². The third kappa shape index (κ3) is 4.65. The van der Waals surface area contributed by atoms with Gasteiger partial charge in [0, 0.05) is 12.8 Å². The van der Waals surface area contributed by atoms with Crippen LogP contribution in [0.4, 0.5) is 5.69 Å². The van der Waals surface area contributed by atoms with Crippen LogP contribution in [0.1, 0.15) is 11.7 Å². The Morgan fingerprint density at radius 3 is 2.96 bits per heavy atom. The van der Waals surface area contributed by atoms with Gasteiger partial charge in [-0.3, -0.25) is 0 Å². The van der Waals surface area contributed by atoms with Crippen molar-refractivity contribution in [1.82, 2.24) is 15.0 Å². The molecule has 0 spiro atoms. The number of halogens is 1. The summed E-state index contributed by atoms with van der Waals surface area (Å²) in [5, 5.41) is 11.3. The number of hydrogen-bond acceptors (Lipinski definition) is 5. The highest BCUT2D eigenvalue weighted by Crippen LogP contribution is 2.21. The average Bonchev–Trinajstić information content (AvgIpc) is 3.22. The van der Waals surface area contributed by atoms with Crippen LogP contribution < -0.4 is 11.1 Å². The van der Waals surface area contributed by atoms with E-state index in [0.29, 0.717) is 25.7 Å². The van der Waals surface area contributed by atoms with Gasteiger partial charge in [-0.15, -0.1) is 29.1 Å². The quantitative estimate of drug-likeness (QED) is 0.411. The number of benzene rings is 1. The molecule has 8 nitrogen and oxygen atoms in total. The Balaban J connectivity index is 0.00000208. The lowest BCUT2D eigenvalue weighted by atomic mass is 10.2. The molecular formula is C15H21IN6O2. The fourth-order valence-electron chi connectivity index (χ4n) is 2.42. The van der Waals surface area contributed by atoms with E-state index < -0.39 is 0 Å². The van der Waals surface area contributed by atoms with Crippen molar-refractivity contribution < 1.29 is 9.47 Å². The normalized spacial score (nSPS) is 20.6. The van der Waals surface area contributed by atoms with Gasteiger partial charge >= 0.3 is 0 Å². The molecule has 2 aromatic rings. The Kier molecular flexibility index (Phi) is 6.94. The maximum atomic E-state index is 5.87. The van der Waals surface area contributed by atoms with E-state index >= 15 is 0 Å². The average molecular weight is 444 g/mol. The number of nitrogens with one attached hydrogen (secondary N) is 1. The molecule has 3 N–H and O–H groups in total. The number of aliphatic imine (C=N–C) groups is 1. The molecule has 130 valence electrons. The number of aromatic nitrogens is 3. The number of guanidine groups is 1. The zero-order valence-corrected chi connectivity index (χ0v) is 15.7. The lowest BCUT2D eigenvalue weighted by Crippen LogP contribution is -2.24. The van der Waals surface area contributed by atoms with Crippen molar-refractivity contribution in [3.63, 3.8) is 0 Å². The standard InChI is InChI=1S/C15H20N6O2.HI/c1-22-14-10-23-9-13(14)21-8-12(19-20-21)7-17-15(16)18-11-5-3-2-4-6-11;/h2-6,8,13-14H,7,9-10H2,1H3,(H3,16,17,18);1H/t13-,14-;/m1./s1. The fraction of sp³-hybridized carbons (Fsp3) is 0.400. The number of nitrogens with two attached hydrogens (primary N) is 1. The van der Waals surface area contributed by atoms with E-state index in [9.17, 15) is 0 Å². The SMILES string of the molecule is CO[C@@H]1COC[C@H]1n1cc(CN=C(N)Nc2ccccc2)nn1.I. The van der Waals surface area contributed by atoms with Crippen molar-refractivity contribution in [2.24, 2.45) is 10.7 Å². The van der Waals surface area contributed by atoms with Crippen LogP contribution in [0.3, 0.4) is 0 Å². The number of anilines is 1. The second-order valence-corrected chi connectivity index (χ2v) is 5.26.